The fourth-order valence-electron chi connectivity index (χ4n) is 4.85. The van der Waals surface area contributed by atoms with E-state index in [9.17, 15) is 14.4 Å². The summed E-state index contributed by atoms with van der Waals surface area (Å²) in [5, 5.41) is 10.1. The van der Waals surface area contributed by atoms with E-state index in [1.807, 2.05) is 79.7 Å². The Kier molecular flexibility index (Phi) is 7.68. The number of hydrogen-bond acceptors (Lipinski definition) is 4. The van der Waals surface area contributed by atoms with Gasteiger partial charge in [-0.1, -0.05) is 72.8 Å². The number of pyridine rings is 1. The van der Waals surface area contributed by atoms with Gasteiger partial charge in [0.2, 0.25) is 11.5 Å². The largest absolute Gasteiger partial charge is 0.338 e. The van der Waals surface area contributed by atoms with Crippen molar-refractivity contribution in [1.82, 2.24) is 20.1 Å². The molecule has 0 aliphatic carbocycles. The van der Waals surface area contributed by atoms with Gasteiger partial charge in [-0.3, -0.25) is 19.1 Å². The first-order chi connectivity index (χ1) is 19.4. The standard InChI is InChI=1S/C32H29N5O3/c1-21-26(17-18-28(38)34-21)22-13-15-25(16-14-22)35-32(40)30(36-31(39)27-19-20-33-37(27)2)29(23-9-5-3-6-10-23)24-11-7-4-8-12-24/h3-20,29-30H,1-2H3,(H,34,38)(H,35,40)(H,36,39). The molecule has 2 aromatic heterocycles. The van der Waals surface area contributed by atoms with Crippen molar-refractivity contribution in [2.45, 2.75) is 18.9 Å². The van der Waals surface area contributed by atoms with Gasteiger partial charge in [-0.25, -0.2) is 0 Å². The van der Waals surface area contributed by atoms with Crippen molar-refractivity contribution < 1.29 is 9.59 Å². The second kappa shape index (κ2) is 11.7. The molecule has 0 aliphatic heterocycles. The number of rotatable bonds is 8. The van der Waals surface area contributed by atoms with Crippen LogP contribution in [0, 0.1) is 6.92 Å². The van der Waals surface area contributed by atoms with Crippen LogP contribution in [0.25, 0.3) is 11.1 Å². The van der Waals surface area contributed by atoms with E-state index in [2.05, 4.69) is 20.7 Å². The van der Waals surface area contributed by atoms with E-state index in [4.69, 9.17) is 0 Å². The topological polar surface area (TPSA) is 109 Å². The van der Waals surface area contributed by atoms with E-state index in [1.165, 1.54) is 10.7 Å². The lowest BCUT2D eigenvalue weighted by atomic mass is 9.84. The quantitative estimate of drug-likeness (QED) is 0.271. The summed E-state index contributed by atoms with van der Waals surface area (Å²) in [6.45, 7) is 1.84. The third kappa shape index (κ3) is 5.76. The molecular formula is C32H29N5O3. The first-order valence-electron chi connectivity index (χ1n) is 12.9. The Balaban J connectivity index is 1.48. The minimum Gasteiger partial charge on any atom is -0.338 e. The third-order valence-corrected chi connectivity index (χ3v) is 6.85. The van der Waals surface area contributed by atoms with Crippen molar-refractivity contribution in [3.63, 3.8) is 0 Å². The minimum absolute atomic E-state index is 0.157. The van der Waals surface area contributed by atoms with Gasteiger partial charge in [-0.2, -0.15) is 5.10 Å². The Hall–Kier alpha value is -5.24. The molecule has 0 radical (unpaired) electrons. The summed E-state index contributed by atoms with van der Waals surface area (Å²) in [6, 6.07) is 30.6. The number of nitrogens with one attached hydrogen (secondary N) is 3. The summed E-state index contributed by atoms with van der Waals surface area (Å²) >= 11 is 0. The number of aromatic nitrogens is 3. The van der Waals surface area contributed by atoms with Crippen LogP contribution in [0.15, 0.2) is 114 Å². The fourth-order valence-corrected chi connectivity index (χ4v) is 4.85. The van der Waals surface area contributed by atoms with Crippen LogP contribution >= 0.6 is 0 Å². The molecule has 40 heavy (non-hydrogen) atoms. The molecular weight excluding hydrogens is 502 g/mol. The molecule has 0 saturated carbocycles. The summed E-state index contributed by atoms with van der Waals surface area (Å²) in [6.07, 6.45) is 1.54. The van der Waals surface area contributed by atoms with Gasteiger partial charge in [0.25, 0.3) is 5.91 Å². The predicted octanol–water partition coefficient (Wildman–Crippen LogP) is 4.65. The average molecular weight is 532 g/mol. The van der Waals surface area contributed by atoms with Gasteiger partial charge >= 0.3 is 0 Å². The Morgan fingerprint density at radius 3 is 2.00 bits per heavy atom. The van der Waals surface area contributed by atoms with Gasteiger partial charge in [0, 0.05) is 42.2 Å². The second-order valence-electron chi connectivity index (χ2n) is 9.52. The van der Waals surface area contributed by atoms with Crippen LogP contribution in [-0.4, -0.2) is 32.6 Å². The third-order valence-electron chi connectivity index (χ3n) is 6.85. The molecule has 0 spiro atoms. The molecule has 0 fully saturated rings. The average Bonchev–Trinajstić information content (AvgIpc) is 3.40. The summed E-state index contributed by atoms with van der Waals surface area (Å²) in [5.41, 5.74) is 5.11. The van der Waals surface area contributed by atoms with Gasteiger partial charge < -0.3 is 15.6 Å². The van der Waals surface area contributed by atoms with Crippen LogP contribution in [0.3, 0.4) is 0 Å². The van der Waals surface area contributed by atoms with Crippen molar-refractivity contribution in [3.8, 4) is 11.1 Å². The first-order valence-corrected chi connectivity index (χ1v) is 12.9. The van der Waals surface area contributed by atoms with Crippen LogP contribution in [0.4, 0.5) is 5.69 Å². The van der Waals surface area contributed by atoms with Crippen molar-refractivity contribution >= 4 is 17.5 Å². The Morgan fingerprint density at radius 2 is 1.45 bits per heavy atom. The van der Waals surface area contributed by atoms with Crippen molar-refractivity contribution in [2.75, 3.05) is 5.32 Å². The maximum Gasteiger partial charge on any atom is 0.270 e. The normalized spacial score (nSPS) is 11.7. The molecule has 5 rings (SSSR count). The summed E-state index contributed by atoms with van der Waals surface area (Å²) in [7, 11) is 1.68. The van der Waals surface area contributed by atoms with Crippen LogP contribution in [0.5, 0.6) is 0 Å². The Bertz CT molecular complexity index is 1640. The highest BCUT2D eigenvalue weighted by Crippen LogP contribution is 2.30. The molecule has 1 atom stereocenters. The van der Waals surface area contributed by atoms with Crippen molar-refractivity contribution in [3.05, 3.63) is 142 Å². The van der Waals surface area contributed by atoms with Crippen molar-refractivity contribution in [1.29, 1.82) is 0 Å². The molecule has 3 aromatic carbocycles. The highest BCUT2D eigenvalue weighted by Gasteiger charge is 2.33. The van der Waals surface area contributed by atoms with E-state index >= 15 is 0 Å². The van der Waals surface area contributed by atoms with Gasteiger partial charge in [0.15, 0.2) is 0 Å². The molecule has 0 saturated heterocycles. The number of hydrogen-bond donors (Lipinski definition) is 3. The number of nitrogens with zero attached hydrogens (tertiary/aromatic N) is 2. The highest BCUT2D eigenvalue weighted by molar-refractivity contribution is 6.01. The van der Waals surface area contributed by atoms with Gasteiger partial charge in [0.05, 0.1) is 0 Å². The zero-order valence-corrected chi connectivity index (χ0v) is 22.2. The molecule has 5 aromatic rings. The Labute approximate surface area is 231 Å². The van der Waals surface area contributed by atoms with Gasteiger partial charge in [-0.05, 0) is 47.9 Å². The van der Waals surface area contributed by atoms with Crippen LogP contribution in [0.1, 0.15) is 33.2 Å². The van der Waals surface area contributed by atoms with Crippen LogP contribution in [0.2, 0.25) is 0 Å². The predicted molar refractivity (Wildman–Crippen MR) is 155 cm³/mol. The number of aryl methyl sites for hydroxylation is 2. The van der Waals surface area contributed by atoms with E-state index in [0.717, 1.165) is 27.9 Å². The van der Waals surface area contributed by atoms with Crippen LogP contribution in [-0.2, 0) is 11.8 Å². The molecule has 0 bridgehead atoms. The van der Waals surface area contributed by atoms with Gasteiger partial charge in [0.1, 0.15) is 11.7 Å². The zero-order chi connectivity index (χ0) is 28.1. The second-order valence-corrected chi connectivity index (χ2v) is 9.52. The molecule has 8 heteroatoms. The smallest absolute Gasteiger partial charge is 0.270 e. The number of anilines is 1. The summed E-state index contributed by atoms with van der Waals surface area (Å²) in [4.78, 5) is 41.7. The molecule has 2 heterocycles. The number of aromatic amines is 1. The summed E-state index contributed by atoms with van der Waals surface area (Å²) in [5.74, 6) is -1.22. The maximum absolute atomic E-state index is 13.9. The fraction of sp³-hybridized carbons (Fsp3) is 0.125. The number of H-pyrrole nitrogens is 1. The lowest BCUT2D eigenvalue weighted by molar-refractivity contribution is -0.118. The van der Waals surface area contributed by atoms with E-state index < -0.39 is 17.9 Å². The number of benzene rings is 3. The number of carbonyl (C=O) groups excluding carboxylic acids is 2. The first kappa shape index (κ1) is 26.4. The lowest BCUT2D eigenvalue weighted by Gasteiger charge is -2.28. The molecule has 0 aliphatic rings. The molecule has 200 valence electrons. The highest BCUT2D eigenvalue weighted by atomic mass is 16.2. The van der Waals surface area contributed by atoms with E-state index in [-0.39, 0.29) is 11.5 Å². The van der Waals surface area contributed by atoms with E-state index in [1.54, 1.807) is 37.5 Å². The molecule has 1 unspecified atom stereocenters. The monoisotopic (exact) mass is 531 g/mol. The Morgan fingerprint density at radius 1 is 0.825 bits per heavy atom. The minimum atomic E-state index is -0.937. The number of carbonyl (C=O) groups is 2. The number of amides is 2. The molecule has 2 amide bonds. The molecule has 8 nitrogen and oxygen atoms in total. The summed E-state index contributed by atoms with van der Waals surface area (Å²) < 4.78 is 1.47. The zero-order valence-electron chi connectivity index (χ0n) is 22.2. The van der Waals surface area contributed by atoms with Crippen LogP contribution < -0.4 is 16.2 Å². The van der Waals surface area contributed by atoms with Crippen molar-refractivity contribution in [2.24, 2.45) is 7.05 Å². The van der Waals surface area contributed by atoms with Gasteiger partial charge in [-0.15, -0.1) is 0 Å². The molecule has 3 N–H and O–H groups in total. The van der Waals surface area contributed by atoms with E-state index in [0.29, 0.717) is 11.4 Å². The maximum atomic E-state index is 13.9. The SMILES string of the molecule is Cc1[nH]c(=O)ccc1-c1ccc(NC(=O)C(NC(=O)c2ccnn2C)C(c2ccccc2)c2ccccc2)cc1. The lowest BCUT2D eigenvalue weighted by Crippen LogP contribution is -2.48.